The second-order valence-electron chi connectivity index (χ2n) is 3.79. The van der Waals surface area contributed by atoms with Gasteiger partial charge in [0.25, 0.3) is 5.69 Å². The van der Waals surface area contributed by atoms with Gasteiger partial charge in [-0.1, -0.05) is 0 Å². The molecule has 0 bridgehead atoms. The van der Waals surface area contributed by atoms with E-state index in [0.29, 0.717) is 4.47 Å². The van der Waals surface area contributed by atoms with Gasteiger partial charge in [0.1, 0.15) is 11.5 Å². The van der Waals surface area contributed by atoms with Crippen LogP contribution in [0, 0.1) is 16.0 Å². The summed E-state index contributed by atoms with van der Waals surface area (Å²) < 4.78 is 0.543. The minimum absolute atomic E-state index is 0.0536. The number of Topliss-reactive ketones (excluding diaryl/α,β-unsaturated/α-hetero) is 1. The van der Waals surface area contributed by atoms with Crippen molar-refractivity contribution in [3.63, 3.8) is 0 Å². The fraction of sp³-hybridized carbons (Fsp3) is 0.400. The summed E-state index contributed by atoms with van der Waals surface area (Å²) in [5.74, 6) is 0.156. The maximum absolute atomic E-state index is 11.6. The first-order valence-electron chi connectivity index (χ1n) is 4.89. The predicted molar refractivity (Wildman–Crippen MR) is 60.0 cm³/mol. The van der Waals surface area contributed by atoms with Crippen LogP contribution in [0.4, 0.5) is 5.69 Å². The van der Waals surface area contributed by atoms with Gasteiger partial charge in [0.2, 0.25) is 0 Å². The minimum Gasteiger partial charge on any atom is -0.299 e. The van der Waals surface area contributed by atoms with Crippen molar-refractivity contribution in [1.29, 1.82) is 0 Å². The van der Waals surface area contributed by atoms with E-state index in [0.717, 1.165) is 12.8 Å². The molecule has 1 aromatic rings. The number of carbonyl (C=O) groups is 1. The SMILES string of the molecule is O=C(Cc1ncc(Br)cc1[N+](=O)[O-])C1CC1. The minimum atomic E-state index is -0.507. The third-order valence-electron chi connectivity index (χ3n) is 2.49. The van der Waals surface area contributed by atoms with Crippen molar-refractivity contribution in [2.24, 2.45) is 5.92 Å². The number of nitro groups is 1. The lowest BCUT2D eigenvalue weighted by Gasteiger charge is -2.01. The molecule has 0 unspecified atom stereocenters. The Morgan fingerprint density at radius 1 is 1.62 bits per heavy atom. The van der Waals surface area contributed by atoms with Gasteiger partial charge in [-0.05, 0) is 28.8 Å². The third-order valence-corrected chi connectivity index (χ3v) is 2.92. The number of ketones is 1. The molecule has 0 amide bonds. The Morgan fingerprint density at radius 3 is 2.88 bits per heavy atom. The highest BCUT2D eigenvalue weighted by Crippen LogP contribution is 2.32. The fourth-order valence-electron chi connectivity index (χ4n) is 1.47. The van der Waals surface area contributed by atoms with Crippen LogP contribution in [0.2, 0.25) is 0 Å². The van der Waals surface area contributed by atoms with Crippen LogP contribution in [0.15, 0.2) is 16.7 Å². The van der Waals surface area contributed by atoms with E-state index >= 15 is 0 Å². The number of pyridine rings is 1. The van der Waals surface area contributed by atoms with Gasteiger partial charge in [-0.2, -0.15) is 0 Å². The van der Waals surface area contributed by atoms with Crippen LogP contribution in [-0.4, -0.2) is 15.7 Å². The summed E-state index contributed by atoms with van der Waals surface area (Å²) in [7, 11) is 0. The quantitative estimate of drug-likeness (QED) is 0.628. The van der Waals surface area contributed by atoms with E-state index < -0.39 is 4.92 Å². The molecule has 1 aliphatic rings. The molecular weight excluding hydrogens is 276 g/mol. The first-order valence-corrected chi connectivity index (χ1v) is 5.68. The lowest BCUT2D eigenvalue weighted by molar-refractivity contribution is -0.385. The van der Waals surface area contributed by atoms with Gasteiger partial charge in [0.05, 0.1) is 11.3 Å². The van der Waals surface area contributed by atoms with Crippen molar-refractivity contribution in [1.82, 2.24) is 4.98 Å². The molecule has 1 fully saturated rings. The van der Waals surface area contributed by atoms with Gasteiger partial charge in [0, 0.05) is 22.7 Å². The van der Waals surface area contributed by atoms with Crippen molar-refractivity contribution < 1.29 is 9.72 Å². The Kier molecular flexibility index (Phi) is 3.00. The molecule has 0 aliphatic heterocycles. The lowest BCUT2D eigenvalue weighted by Crippen LogP contribution is -2.08. The zero-order chi connectivity index (χ0) is 11.7. The van der Waals surface area contributed by atoms with Gasteiger partial charge < -0.3 is 0 Å². The zero-order valence-corrected chi connectivity index (χ0v) is 9.94. The number of nitrogens with zero attached hydrogens (tertiary/aromatic N) is 2. The van der Waals surface area contributed by atoms with Crippen LogP contribution < -0.4 is 0 Å². The van der Waals surface area contributed by atoms with E-state index in [1.807, 2.05) is 0 Å². The Hall–Kier alpha value is -1.30. The van der Waals surface area contributed by atoms with E-state index in [1.165, 1.54) is 12.3 Å². The first-order chi connectivity index (χ1) is 7.58. The van der Waals surface area contributed by atoms with Gasteiger partial charge in [-0.25, -0.2) is 0 Å². The zero-order valence-electron chi connectivity index (χ0n) is 8.35. The van der Waals surface area contributed by atoms with Gasteiger partial charge in [0.15, 0.2) is 0 Å². The average Bonchev–Trinajstić information content (AvgIpc) is 3.03. The second-order valence-corrected chi connectivity index (χ2v) is 4.71. The molecule has 0 N–H and O–H groups in total. The molecule has 1 saturated carbocycles. The molecule has 0 atom stereocenters. The largest absolute Gasteiger partial charge is 0.299 e. The summed E-state index contributed by atoms with van der Waals surface area (Å²) >= 11 is 3.12. The molecule has 0 saturated heterocycles. The maximum Gasteiger partial charge on any atom is 0.292 e. The number of hydrogen-bond acceptors (Lipinski definition) is 4. The second kappa shape index (κ2) is 4.29. The number of hydrogen-bond donors (Lipinski definition) is 0. The number of rotatable bonds is 4. The van der Waals surface area contributed by atoms with Crippen molar-refractivity contribution in [3.8, 4) is 0 Å². The molecule has 5 nitrogen and oxygen atoms in total. The molecule has 84 valence electrons. The smallest absolute Gasteiger partial charge is 0.292 e. The summed E-state index contributed by atoms with van der Waals surface area (Å²) in [4.78, 5) is 25.8. The van der Waals surface area contributed by atoms with Crippen LogP contribution in [0.3, 0.4) is 0 Å². The van der Waals surface area contributed by atoms with Crippen molar-refractivity contribution in [3.05, 3.63) is 32.5 Å². The van der Waals surface area contributed by atoms with E-state index in [1.54, 1.807) is 0 Å². The maximum atomic E-state index is 11.6. The lowest BCUT2D eigenvalue weighted by atomic mass is 10.1. The molecule has 2 rings (SSSR count). The standard InChI is InChI=1S/C10H9BrN2O3/c11-7-3-9(13(15)16)8(12-5-7)4-10(14)6-1-2-6/h3,5-6H,1-2,4H2. The molecule has 6 heteroatoms. The monoisotopic (exact) mass is 284 g/mol. The number of halogens is 1. The van der Waals surface area contributed by atoms with Crippen molar-refractivity contribution in [2.45, 2.75) is 19.3 Å². The van der Waals surface area contributed by atoms with E-state index in [2.05, 4.69) is 20.9 Å². The number of carbonyl (C=O) groups excluding carboxylic acids is 1. The Morgan fingerprint density at radius 2 is 2.31 bits per heavy atom. The Bertz CT molecular complexity index is 457. The predicted octanol–water partition coefficient (Wildman–Crippen LogP) is 2.27. The summed E-state index contributed by atoms with van der Waals surface area (Å²) in [6.07, 6.45) is 3.35. The first kappa shape index (κ1) is 11.2. The number of aromatic nitrogens is 1. The highest BCUT2D eigenvalue weighted by Gasteiger charge is 2.31. The molecule has 0 aromatic carbocycles. The van der Waals surface area contributed by atoms with Crippen LogP contribution in [-0.2, 0) is 11.2 Å². The van der Waals surface area contributed by atoms with Crippen LogP contribution in [0.1, 0.15) is 18.5 Å². The Labute approximate surface area is 100 Å². The molecule has 1 heterocycles. The van der Waals surface area contributed by atoms with E-state index in [4.69, 9.17) is 0 Å². The van der Waals surface area contributed by atoms with Gasteiger partial charge in [-0.15, -0.1) is 0 Å². The topological polar surface area (TPSA) is 73.1 Å². The molecule has 0 radical (unpaired) electrons. The highest BCUT2D eigenvalue weighted by atomic mass is 79.9. The molecule has 1 aliphatic carbocycles. The molecule has 1 aromatic heterocycles. The fourth-order valence-corrected chi connectivity index (χ4v) is 1.79. The normalized spacial score (nSPS) is 14.8. The Balaban J connectivity index is 2.24. The average molecular weight is 285 g/mol. The van der Waals surface area contributed by atoms with Crippen molar-refractivity contribution >= 4 is 27.4 Å². The summed E-state index contributed by atoms with van der Waals surface area (Å²) in [5, 5.41) is 10.8. The van der Waals surface area contributed by atoms with Gasteiger partial charge in [-0.3, -0.25) is 19.9 Å². The summed E-state index contributed by atoms with van der Waals surface area (Å²) in [6, 6.07) is 1.38. The molecule has 16 heavy (non-hydrogen) atoms. The van der Waals surface area contributed by atoms with Crippen LogP contribution >= 0.6 is 15.9 Å². The summed E-state index contributed by atoms with van der Waals surface area (Å²) in [5.41, 5.74) is 0.161. The van der Waals surface area contributed by atoms with E-state index in [9.17, 15) is 14.9 Å². The van der Waals surface area contributed by atoms with Gasteiger partial charge >= 0.3 is 0 Å². The summed E-state index contributed by atoms with van der Waals surface area (Å²) in [6.45, 7) is 0. The van der Waals surface area contributed by atoms with Crippen LogP contribution in [0.5, 0.6) is 0 Å². The third kappa shape index (κ3) is 2.44. The highest BCUT2D eigenvalue weighted by molar-refractivity contribution is 9.10. The van der Waals surface area contributed by atoms with Crippen molar-refractivity contribution in [2.75, 3.05) is 0 Å². The molecular formula is C10H9BrN2O3. The van der Waals surface area contributed by atoms with E-state index in [-0.39, 0.29) is 29.5 Å². The molecule has 0 spiro atoms. The van der Waals surface area contributed by atoms with Crippen LogP contribution in [0.25, 0.3) is 0 Å².